The predicted octanol–water partition coefficient (Wildman–Crippen LogP) is 12.4. The van der Waals surface area contributed by atoms with E-state index in [1.54, 1.807) is 74.9 Å². The molecular weight excluding hydrogens is 1360 g/mol. The molecule has 0 aliphatic carbocycles. The molecule has 542 valence electrons. The number of benzene rings is 8. The molecule has 0 saturated heterocycles. The number of azo groups is 2. The number of rotatable bonds is 31. The molecule has 8 aromatic carbocycles. The fraction of sp³-hybridized carbons (Fsp3) is 0.237. The number of carbonyl (C=O) groups is 4. The van der Waals surface area contributed by atoms with Crippen molar-refractivity contribution in [1.82, 2.24) is 49.7 Å². The standard InChI is InChI=1S/C76H76N18O12/c1-43-35-51-23-29-55(81-61(99)9-5-7-59(97)79-39-45-11-15-47(16-12-45)41-93-71-67(83-75(93)101)69(77)85-73(87-71)105-33-31-103-3)65(63(51)57(95)37-43)91-89-53-25-19-49(20-26-53)50-21-27-54(28-22-50)90-92-66-56(30-24-52-36-44(2)38-58(96)64(52)66)82-62(100)10-6-8-60(98)80-40-46-13-17-48(18-14-46)42-94-72-68(84-76(94)102)70(78)86-74(88-72)106-34-32-104-4/h11-30,35-38,95-96H,5-10,31-34,39-42H2,1-4H3,(H,79,97)(H,80,98)(H,81,99)(H,82,100)(H,83,101)(H,84,102)(H2,77,85,87)(H2,78,86,88). The smallest absolute Gasteiger partial charge is 0.320 e. The Morgan fingerprint density at radius 1 is 0.443 bits per heavy atom. The van der Waals surface area contributed by atoms with Gasteiger partial charge in [-0.25, -0.2) is 0 Å². The van der Waals surface area contributed by atoms with E-state index in [1.807, 2.05) is 98.8 Å². The van der Waals surface area contributed by atoms with Crippen molar-refractivity contribution in [2.75, 3.05) is 62.7 Å². The summed E-state index contributed by atoms with van der Waals surface area (Å²) in [7, 11) is 3.09. The number of anilines is 4. The first-order chi connectivity index (χ1) is 51.3. The molecule has 30 heteroatoms. The summed E-state index contributed by atoms with van der Waals surface area (Å²) in [6.45, 7) is 5.70. The summed E-state index contributed by atoms with van der Waals surface area (Å²) in [5.74, 6) is -1.16. The lowest BCUT2D eigenvalue weighted by Crippen LogP contribution is -2.23. The van der Waals surface area contributed by atoms with Crippen LogP contribution in [0, 0.1) is 13.8 Å². The van der Waals surface area contributed by atoms with Crippen LogP contribution in [0.2, 0.25) is 0 Å². The zero-order chi connectivity index (χ0) is 74.4. The summed E-state index contributed by atoms with van der Waals surface area (Å²) in [5.41, 5.74) is 22.0. The first-order valence-electron chi connectivity index (χ1n) is 33.9. The number of carbonyl (C=O) groups excluding carboxylic acids is 4. The number of phenols is 2. The van der Waals surface area contributed by atoms with Crippen molar-refractivity contribution in [1.29, 1.82) is 0 Å². The maximum Gasteiger partial charge on any atom is 0.320 e. The SMILES string of the molecule is COCCOc1nc(N)c2nc(O)n(Cc3ccc(CNC(=O)CCCC(=O)Nc4ccc5cc(C)cc(O)c5c4N=Nc4ccc(-c5ccc(N=Nc6c(NC(=O)CCCC(=O)NCc7ccc(Cn8c(O)nc9c(N)nc(OCCOC)nc98)cc7)ccc7cc(C)cc(O)c67)cc5)cc4)cc3)c2n1. The van der Waals surface area contributed by atoms with Crippen molar-refractivity contribution >= 4 is 113 Å². The molecule has 12 rings (SSSR count). The number of amides is 4. The molecule has 0 aliphatic heterocycles. The maximum absolute atomic E-state index is 13.5. The Hall–Kier alpha value is -13.2. The molecule has 0 fully saturated rings. The average Bonchev–Trinajstić information content (AvgIpc) is 1.29. The molecule has 106 heavy (non-hydrogen) atoms. The monoisotopic (exact) mass is 1430 g/mol. The Morgan fingerprint density at radius 3 is 1.21 bits per heavy atom. The van der Waals surface area contributed by atoms with Gasteiger partial charge in [-0.05, 0) is 131 Å². The van der Waals surface area contributed by atoms with E-state index in [4.69, 9.17) is 30.4 Å². The lowest BCUT2D eigenvalue weighted by molar-refractivity contribution is -0.122. The quantitative estimate of drug-likeness (QED) is 0.0142. The Labute approximate surface area is 606 Å². The number of nitrogens with zero attached hydrogens (tertiary/aromatic N) is 12. The van der Waals surface area contributed by atoms with Crippen molar-refractivity contribution in [3.05, 3.63) is 179 Å². The normalized spacial score (nSPS) is 11.5. The molecule has 12 aromatic rings. The van der Waals surface area contributed by atoms with Gasteiger partial charge in [0.2, 0.25) is 23.6 Å². The van der Waals surface area contributed by atoms with Crippen LogP contribution < -0.4 is 42.2 Å². The van der Waals surface area contributed by atoms with Crippen molar-refractivity contribution in [3.8, 4) is 46.7 Å². The van der Waals surface area contributed by atoms with Crippen molar-refractivity contribution < 1.29 is 58.6 Å². The van der Waals surface area contributed by atoms with Crippen LogP contribution in [-0.2, 0) is 54.8 Å². The maximum atomic E-state index is 13.5. The van der Waals surface area contributed by atoms with Gasteiger partial charge in [0.15, 0.2) is 34.0 Å². The number of hydrogen-bond donors (Lipinski definition) is 10. The van der Waals surface area contributed by atoms with Gasteiger partial charge in [0.05, 0.1) is 59.8 Å². The number of nitrogen functional groups attached to an aromatic ring is 2. The van der Waals surface area contributed by atoms with Crippen LogP contribution in [0.4, 0.5) is 45.8 Å². The molecule has 12 N–H and O–H groups in total. The number of nitrogens with one attached hydrogen (secondary N) is 4. The van der Waals surface area contributed by atoms with Gasteiger partial charge in [-0.15, -0.1) is 10.2 Å². The molecule has 30 nitrogen and oxygen atoms in total. The Morgan fingerprint density at radius 2 is 0.821 bits per heavy atom. The number of aromatic hydroxyl groups is 4. The van der Waals surface area contributed by atoms with Crippen LogP contribution >= 0.6 is 0 Å². The lowest BCUT2D eigenvalue weighted by atomic mass is 10.0. The van der Waals surface area contributed by atoms with Gasteiger partial charge in [-0.3, -0.25) is 28.3 Å². The molecule has 0 radical (unpaired) electrons. The van der Waals surface area contributed by atoms with E-state index in [2.05, 4.69) is 71.6 Å². The Bertz CT molecular complexity index is 4970. The predicted molar refractivity (Wildman–Crippen MR) is 398 cm³/mol. The fourth-order valence-electron chi connectivity index (χ4n) is 11.8. The number of phenolic OH excluding ortho intramolecular Hbond substituents is 2. The van der Waals surface area contributed by atoms with E-state index in [-0.39, 0.29) is 171 Å². The topological polar surface area (TPSA) is 423 Å². The highest BCUT2D eigenvalue weighted by Crippen LogP contribution is 2.43. The zero-order valence-electron chi connectivity index (χ0n) is 58.3. The number of imidazole rings is 2. The van der Waals surface area contributed by atoms with Crippen molar-refractivity contribution in [3.63, 3.8) is 0 Å². The van der Waals surface area contributed by atoms with Crippen LogP contribution in [0.3, 0.4) is 0 Å². The minimum absolute atomic E-state index is 0.0200. The number of ether oxygens (including phenoxy) is 4. The number of fused-ring (bicyclic) bond motifs is 4. The fourth-order valence-corrected chi connectivity index (χ4v) is 11.8. The second-order valence-electron chi connectivity index (χ2n) is 25.0. The minimum atomic E-state index is -0.363. The Kier molecular flexibility index (Phi) is 22.8. The first kappa shape index (κ1) is 72.6. The number of hydrogen-bond acceptors (Lipinski definition) is 24. The van der Waals surface area contributed by atoms with E-state index in [0.717, 1.165) is 44.5 Å². The minimum Gasteiger partial charge on any atom is -0.507 e. The van der Waals surface area contributed by atoms with E-state index < -0.39 is 0 Å². The van der Waals surface area contributed by atoms with Gasteiger partial charge in [-0.1, -0.05) is 97.1 Å². The molecule has 0 aliphatic rings. The van der Waals surface area contributed by atoms with Crippen molar-refractivity contribution in [2.24, 2.45) is 20.5 Å². The molecular formula is C76H76N18O12. The first-order valence-corrected chi connectivity index (χ1v) is 33.9. The summed E-state index contributed by atoms with van der Waals surface area (Å²) in [6.07, 6.45) is 0.714. The summed E-state index contributed by atoms with van der Waals surface area (Å²) >= 11 is 0. The molecule has 4 aromatic heterocycles. The molecule has 0 spiro atoms. The van der Waals surface area contributed by atoms with Gasteiger partial charge in [0.25, 0.3) is 12.0 Å². The third-order valence-corrected chi connectivity index (χ3v) is 17.1. The summed E-state index contributed by atoms with van der Waals surface area (Å²) in [5, 5.41) is 75.9. The highest BCUT2D eigenvalue weighted by Gasteiger charge is 2.22. The third-order valence-electron chi connectivity index (χ3n) is 17.1. The second kappa shape index (κ2) is 33.3. The van der Waals surface area contributed by atoms with Crippen LogP contribution in [0.25, 0.3) is 55.0 Å². The second-order valence-corrected chi connectivity index (χ2v) is 25.0. The van der Waals surface area contributed by atoms with Gasteiger partial charge in [0, 0.05) is 53.0 Å². The van der Waals surface area contributed by atoms with Crippen LogP contribution in [0.1, 0.15) is 71.9 Å². The lowest BCUT2D eigenvalue weighted by Gasteiger charge is -2.12. The summed E-state index contributed by atoms with van der Waals surface area (Å²) in [4.78, 5) is 78.3. The van der Waals surface area contributed by atoms with Crippen molar-refractivity contribution in [2.45, 2.75) is 78.6 Å². The van der Waals surface area contributed by atoms with Crippen LogP contribution in [0.5, 0.6) is 35.5 Å². The van der Waals surface area contributed by atoms with Gasteiger partial charge in [-0.2, -0.15) is 40.1 Å². The number of nitrogens with two attached hydrogens (primary N) is 2. The van der Waals surface area contributed by atoms with Crippen LogP contribution in [0.15, 0.2) is 166 Å². The molecule has 4 amide bonds. The van der Waals surface area contributed by atoms with Gasteiger partial charge in [0.1, 0.15) is 36.1 Å². The number of aryl methyl sites for hydroxylation is 2. The molecule has 0 bridgehead atoms. The highest BCUT2D eigenvalue weighted by molar-refractivity contribution is 6.08. The molecule has 0 saturated carbocycles. The van der Waals surface area contributed by atoms with E-state index in [9.17, 15) is 39.6 Å². The summed E-state index contributed by atoms with van der Waals surface area (Å²) < 4.78 is 24.1. The van der Waals surface area contributed by atoms with Gasteiger partial charge >= 0.3 is 12.0 Å². The zero-order valence-corrected chi connectivity index (χ0v) is 58.3. The van der Waals surface area contributed by atoms with E-state index >= 15 is 0 Å². The molecule has 0 unspecified atom stereocenters. The van der Waals surface area contributed by atoms with E-state index in [1.165, 1.54) is 9.13 Å². The number of methoxy groups -OCH3 is 2. The van der Waals surface area contributed by atoms with Gasteiger partial charge < -0.3 is 72.1 Å². The molecule has 4 heterocycles. The highest BCUT2D eigenvalue weighted by atomic mass is 16.5. The largest absolute Gasteiger partial charge is 0.507 e. The summed E-state index contributed by atoms with van der Waals surface area (Å²) in [6, 6.07) is 43.0. The Balaban J connectivity index is 0.623. The molecule has 0 atom stereocenters. The third kappa shape index (κ3) is 17.8. The average molecular weight is 1430 g/mol. The number of aromatic nitrogens is 8. The van der Waals surface area contributed by atoms with E-state index in [0.29, 0.717) is 68.8 Å². The van der Waals surface area contributed by atoms with Crippen LogP contribution in [-0.4, -0.2) is 124 Å².